The number of Topliss-reactive ketones (excluding diaryl/α,β-unsaturated/α-hetero) is 1. The molecule has 3 heterocycles. The molecule has 1 atom stereocenters. The van der Waals surface area contributed by atoms with Gasteiger partial charge in [0.15, 0.2) is 28.8 Å². The Morgan fingerprint density at radius 2 is 1.52 bits per heavy atom. The zero-order valence-electron chi connectivity index (χ0n) is 28.3. The number of piperidine rings is 1. The molecule has 1 N–H and O–H groups in total. The van der Waals surface area contributed by atoms with E-state index >= 15 is 0 Å². The van der Waals surface area contributed by atoms with E-state index in [2.05, 4.69) is 20.9 Å². The second-order valence-corrected chi connectivity index (χ2v) is 12.6. The number of carbonyl (C=O) groups excluding carboxylic acids is 2. The molecule has 2 fully saturated rings. The van der Waals surface area contributed by atoms with Gasteiger partial charge in [0.25, 0.3) is 5.91 Å². The lowest BCUT2D eigenvalue weighted by molar-refractivity contribution is 0.0778. The third-order valence-electron chi connectivity index (χ3n) is 10.0. The topological polar surface area (TPSA) is 115 Å². The first kappa shape index (κ1) is 33.1. The Morgan fingerprint density at radius 1 is 0.833 bits per heavy atom. The highest BCUT2D eigenvalue weighted by atomic mass is 16.5. The molecule has 3 aromatic carbocycles. The fourth-order valence-electron chi connectivity index (χ4n) is 7.24. The van der Waals surface area contributed by atoms with Gasteiger partial charge in [0.2, 0.25) is 11.5 Å². The normalized spacial score (nSPS) is 18.6. The van der Waals surface area contributed by atoms with Gasteiger partial charge in [0.1, 0.15) is 0 Å². The number of hydrogen-bond acceptors (Lipinski definition) is 9. The van der Waals surface area contributed by atoms with E-state index in [9.17, 15) is 9.59 Å². The molecular weight excluding hydrogens is 612 g/mol. The number of imidazole rings is 1. The van der Waals surface area contributed by atoms with E-state index in [1.807, 2.05) is 41.3 Å². The Balaban J connectivity index is 1.18. The number of nitrogens with zero attached hydrogens (tertiary/aromatic N) is 3. The number of fused-ring (bicyclic) bond motifs is 1. The zero-order valence-corrected chi connectivity index (χ0v) is 28.3. The van der Waals surface area contributed by atoms with E-state index in [0.717, 1.165) is 61.9 Å². The summed E-state index contributed by atoms with van der Waals surface area (Å²) < 4.78 is 27.7. The second-order valence-electron chi connectivity index (χ2n) is 12.6. The molecule has 0 aliphatic carbocycles. The molecule has 1 aromatic heterocycles. The lowest BCUT2D eigenvalue weighted by atomic mass is 9.76. The van der Waals surface area contributed by atoms with Crippen molar-refractivity contribution in [3.8, 4) is 28.7 Å². The van der Waals surface area contributed by atoms with Crippen molar-refractivity contribution in [3.63, 3.8) is 0 Å². The van der Waals surface area contributed by atoms with Crippen LogP contribution in [0.25, 0.3) is 11.0 Å². The number of likely N-dealkylation sites (tertiary alicyclic amines) is 2. The van der Waals surface area contributed by atoms with E-state index < -0.39 is 0 Å². The number of aromatic amines is 1. The van der Waals surface area contributed by atoms with Gasteiger partial charge in [-0.15, -0.1) is 0 Å². The quantitative estimate of drug-likeness (QED) is 0.201. The Hall–Kier alpha value is -4.77. The number of ketones is 1. The van der Waals surface area contributed by atoms with Crippen molar-refractivity contribution in [1.29, 1.82) is 0 Å². The summed E-state index contributed by atoms with van der Waals surface area (Å²) in [6, 6.07) is 17.2. The summed E-state index contributed by atoms with van der Waals surface area (Å²) >= 11 is 0. The molecule has 254 valence electrons. The summed E-state index contributed by atoms with van der Waals surface area (Å²) in [5.41, 5.74) is 2.97. The molecule has 11 nitrogen and oxygen atoms in total. The fraction of sp³-hybridized carbons (Fsp3) is 0.432. The molecule has 2 aliphatic rings. The highest BCUT2D eigenvalue weighted by Gasteiger charge is 2.42. The van der Waals surface area contributed by atoms with Crippen LogP contribution in [-0.4, -0.2) is 99.7 Å². The molecule has 0 spiro atoms. The molecule has 1 unspecified atom stereocenters. The van der Waals surface area contributed by atoms with Gasteiger partial charge in [-0.25, -0.2) is 4.98 Å². The number of ether oxygens (including phenoxy) is 5. The van der Waals surface area contributed by atoms with Gasteiger partial charge < -0.3 is 38.5 Å². The highest BCUT2D eigenvalue weighted by molar-refractivity contribution is 5.97. The van der Waals surface area contributed by atoms with Crippen LogP contribution in [0.2, 0.25) is 0 Å². The van der Waals surface area contributed by atoms with Crippen LogP contribution in [0.15, 0.2) is 54.6 Å². The van der Waals surface area contributed by atoms with Gasteiger partial charge >= 0.3 is 0 Å². The number of nitrogens with one attached hydrogen (secondary N) is 1. The Kier molecular flexibility index (Phi) is 9.77. The predicted molar refractivity (Wildman–Crippen MR) is 182 cm³/mol. The van der Waals surface area contributed by atoms with Crippen molar-refractivity contribution in [2.75, 3.05) is 68.3 Å². The summed E-state index contributed by atoms with van der Waals surface area (Å²) in [7, 11) is 7.90. The molecule has 0 radical (unpaired) electrons. The van der Waals surface area contributed by atoms with Crippen LogP contribution in [-0.2, 0) is 5.41 Å². The van der Waals surface area contributed by atoms with Crippen LogP contribution in [0.5, 0.6) is 28.7 Å². The molecule has 4 aromatic rings. The molecule has 2 aliphatic heterocycles. The number of amides is 1. The lowest BCUT2D eigenvalue weighted by Gasteiger charge is -2.36. The maximum absolute atomic E-state index is 14.0. The summed E-state index contributed by atoms with van der Waals surface area (Å²) in [4.78, 5) is 39.4. The Labute approximate surface area is 281 Å². The summed E-state index contributed by atoms with van der Waals surface area (Å²) in [5, 5.41) is 0. The van der Waals surface area contributed by atoms with E-state index in [1.54, 1.807) is 47.7 Å². The first-order chi connectivity index (χ1) is 23.3. The van der Waals surface area contributed by atoms with Gasteiger partial charge in [-0.2, -0.15) is 0 Å². The van der Waals surface area contributed by atoms with Gasteiger partial charge in [-0.3, -0.25) is 9.59 Å². The number of H-pyrrole nitrogens is 1. The SMILES string of the molecule is COc1ccc(C2(CCN3CCC(C(=O)c4nc5ccccc5[nH]4)CC3)CCN(C(=O)c3cc(OC)c(OC)c(OC)c3)C2)cc1OC. The lowest BCUT2D eigenvalue weighted by Crippen LogP contribution is -2.41. The van der Waals surface area contributed by atoms with Crippen molar-refractivity contribution in [2.24, 2.45) is 5.92 Å². The summed E-state index contributed by atoms with van der Waals surface area (Å²) in [6.07, 6.45) is 3.19. The first-order valence-electron chi connectivity index (χ1n) is 16.4. The minimum atomic E-state index is -0.309. The van der Waals surface area contributed by atoms with Crippen molar-refractivity contribution in [3.05, 3.63) is 71.5 Å². The van der Waals surface area contributed by atoms with Crippen LogP contribution in [0, 0.1) is 5.92 Å². The van der Waals surface area contributed by atoms with Crippen LogP contribution >= 0.6 is 0 Å². The maximum atomic E-state index is 14.0. The molecule has 48 heavy (non-hydrogen) atoms. The Morgan fingerprint density at radius 3 is 2.17 bits per heavy atom. The van der Waals surface area contributed by atoms with Gasteiger partial charge in [-0.1, -0.05) is 18.2 Å². The average molecular weight is 657 g/mol. The monoisotopic (exact) mass is 656 g/mol. The van der Waals surface area contributed by atoms with E-state index in [0.29, 0.717) is 53.2 Å². The van der Waals surface area contributed by atoms with Gasteiger partial charge in [-0.05, 0) is 87.3 Å². The predicted octanol–water partition coefficient (Wildman–Crippen LogP) is 5.37. The minimum Gasteiger partial charge on any atom is -0.493 e. The number of rotatable bonds is 12. The summed E-state index contributed by atoms with van der Waals surface area (Å²) in [5.74, 6) is 3.03. The van der Waals surface area contributed by atoms with Crippen molar-refractivity contribution in [2.45, 2.75) is 31.1 Å². The number of benzene rings is 3. The number of hydrogen-bond donors (Lipinski definition) is 1. The largest absolute Gasteiger partial charge is 0.493 e. The standard InChI is InChI=1S/C37H44N4O7/c1-44-29-11-10-26(22-30(29)45-2)37(15-19-41(23-37)36(43)25-20-31(46-3)34(48-5)32(21-25)47-4)14-18-40-16-12-24(13-17-40)33(42)35-38-27-8-6-7-9-28(27)39-35/h6-11,20-22,24H,12-19,23H2,1-5H3,(H,38,39). The van der Waals surface area contributed by atoms with E-state index in [1.165, 1.54) is 0 Å². The highest BCUT2D eigenvalue weighted by Crippen LogP contribution is 2.43. The molecule has 6 rings (SSSR count). The van der Waals surface area contributed by atoms with E-state index in [-0.39, 0.29) is 23.0 Å². The molecule has 11 heteroatoms. The minimum absolute atomic E-state index is 0.0558. The Bertz CT molecular complexity index is 1720. The average Bonchev–Trinajstić information content (AvgIpc) is 3.78. The number of para-hydroxylation sites is 2. The molecule has 2 saturated heterocycles. The number of aromatic nitrogens is 2. The van der Waals surface area contributed by atoms with Crippen molar-refractivity contribution >= 4 is 22.7 Å². The molecule has 1 amide bonds. The third kappa shape index (κ3) is 6.38. The zero-order chi connectivity index (χ0) is 33.8. The van der Waals surface area contributed by atoms with Crippen LogP contribution < -0.4 is 23.7 Å². The van der Waals surface area contributed by atoms with Crippen LogP contribution in [0.4, 0.5) is 0 Å². The van der Waals surface area contributed by atoms with Gasteiger partial charge in [0, 0.05) is 30.0 Å². The smallest absolute Gasteiger partial charge is 0.254 e. The van der Waals surface area contributed by atoms with Crippen LogP contribution in [0.3, 0.4) is 0 Å². The molecular formula is C37H44N4O7. The number of carbonyl (C=O) groups is 2. The second kappa shape index (κ2) is 14.1. The fourth-order valence-corrected chi connectivity index (χ4v) is 7.24. The molecule has 0 bridgehead atoms. The first-order valence-corrected chi connectivity index (χ1v) is 16.4. The van der Waals surface area contributed by atoms with Crippen LogP contribution in [0.1, 0.15) is 52.2 Å². The summed E-state index contributed by atoms with van der Waals surface area (Å²) in [6.45, 7) is 3.63. The number of methoxy groups -OCH3 is 5. The maximum Gasteiger partial charge on any atom is 0.254 e. The van der Waals surface area contributed by atoms with Gasteiger partial charge in [0.05, 0.1) is 46.6 Å². The van der Waals surface area contributed by atoms with E-state index in [4.69, 9.17) is 23.7 Å². The third-order valence-corrected chi connectivity index (χ3v) is 10.0. The van der Waals surface area contributed by atoms with Crippen molar-refractivity contribution in [1.82, 2.24) is 19.8 Å². The molecule has 0 saturated carbocycles. The van der Waals surface area contributed by atoms with Crippen molar-refractivity contribution < 1.29 is 33.3 Å².